The van der Waals surface area contributed by atoms with Crippen LogP contribution >= 0.6 is 0 Å². The number of hydrogen-bond acceptors (Lipinski definition) is 6. The maximum absolute atomic E-state index is 6.50. The Morgan fingerprint density at radius 1 is 0.694 bits per heavy atom. The number of imidazole rings is 1. The van der Waals surface area contributed by atoms with E-state index in [4.69, 9.17) is 9.40 Å². The van der Waals surface area contributed by atoms with Crippen LogP contribution in [0.2, 0.25) is 19.6 Å². The van der Waals surface area contributed by atoms with Gasteiger partial charge in [0, 0.05) is 42.8 Å². The first-order valence-corrected chi connectivity index (χ1v) is 19.3. The third-order valence-corrected chi connectivity index (χ3v) is 10.4. The van der Waals surface area contributed by atoms with Crippen LogP contribution in [0.25, 0.3) is 72.3 Å². The predicted octanol–water partition coefficient (Wildman–Crippen LogP) is 8.82. The minimum absolute atomic E-state index is 0. The molecule has 0 aliphatic carbocycles. The molecule has 9 heteroatoms. The van der Waals surface area contributed by atoms with E-state index in [0.717, 1.165) is 55.2 Å². The second kappa shape index (κ2) is 13.3. The number of pyridine rings is 1. The number of furan rings is 1. The fourth-order valence-electron chi connectivity index (χ4n) is 5.91. The molecule has 0 unspecified atom stereocenters. The Kier molecular flexibility index (Phi) is 8.73. The second-order valence-electron chi connectivity index (χ2n) is 12.5. The SMILES string of the molecule is C[Si](C)(C)c1ccc(-c2[c-]cccc2)nc1.[Ir].[c-]1ccc2c(oc3c4ccccc4ccc23)c1-c1nc2ncnnc2n1-c1ccccc1. The zero-order chi connectivity index (χ0) is 32.7. The molecule has 0 amide bonds. The van der Waals surface area contributed by atoms with Crippen molar-refractivity contribution in [1.82, 2.24) is 29.7 Å². The van der Waals surface area contributed by atoms with Crippen LogP contribution < -0.4 is 5.19 Å². The zero-order valence-corrected chi connectivity index (χ0v) is 30.4. The van der Waals surface area contributed by atoms with Gasteiger partial charge in [0.15, 0.2) is 11.3 Å². The maximum Gasteiger partial charge on any atom is 0.197 e. The van der Waals surface area contributed by atoms with Gasteiger partial charge in [-0.2, -0.15) is 0 Å². The second-order valence-corrected chi connectivity index (χ2v) is 17.6. The van der Waals surface area contributed by atoms with E-state index in [1.165, 1.54) is 11.5 Å². The van der Waals surface area contributed by atoms with Crippen LogP contribution in [0.15, 0.2) is 132 Å². The van der Waals surface area contributed by atoms with Gasteiger partial charge in [-0.3, -0.25) is 4.98 Å². The van der Waals surface area contributed by atoms with Crippen molar-refractivity contribution < 1.29 is 24.5 Å². The first-order chi connectivity index (χ1) is 23.5. The number of nitrogens with zero attached hydrogens (tertiary/aromatic N) is 6. The molecule has 0 atom stereocenters. The van der Waals surface area contributed by atoms with Crippen molar-refractivity contribution in [2.45, 2.75) is 19.6 Å². The van der Waals surface area contributed by atoms with Crippen molar-refractivity contribution in [2.75, 3.05) is 0 Å². The summed E-state index contributed by atoms with van der Waals surface area (Å²) in [6.45, 7) is 7.00. The summed E-state index contributed by atoms with van der Waals surface area (Å²) < 4.78 is 8.45. The van der Waals surface area contributed by atoms with Gasteiger partial charge < -0.3 is 14.0 Å². The minimum Gasteiger partial charge on any atom is -0.500 e. The Hall–Kier alpha value is -5.34. The van der Waals surface area contributed by atoms with Crippen LogP contribution in [-0.4, -0.2) is 37.8 Å². The van der Waals surface area contributed by atoms with Crippen LogP contribution in [0.3, 0.4) is 0 Å². The number of benzene rings is 5. The van der Waals surface area contributed by atoms with E-state index < -0.39 is 8.07 Å². The standard InChI is InChI=1S/C26H14N5O.C14H16NSi.Ir/c1-2-8-17(9-3-1)31-25(29-24-26(31)30-28-15-27-24)21-12-6-11-19-20-14-13-16-7-4-5-10-18(16)22(20)32-23(19)21;1-16(2,3)13-9-10-14(15-11-13)12-7-5-4-6-8-12;/h1-11,13-15H;4-7,9-11H,1-3H3;/q2*-1;. The summed E-state index contributed by atoms with van der Waals surface area (Å²) in [6.07, 6.45) is 3.43. The Morgan fingerprint density at radius 3 is 2.27 bits per heavy atom. The van der Waals surface area contributed by atoms with Crippen molar-refractivity contribution in [3.05, 3.63) is 140 Å². The van der Waals surface area contributed by atoms with E-state index in [0.29, 0.717) is 17.1 Å². The summed E-state index contributed by atoms with van der Waals surface area (Å²) in [5.41, 5.74) is 6.43. The van der Waals surface area contributed by atoms with Gasteiger partial charge in [0.2, 0.25) is 0 Å². The first-order valence-electron chi connectivity index (χ1n) is 15.8. The van der Waals surface area contributed by atoms with Crippen LogP contribution in [0.4, 0.5) is 0 Å². The largest absolute Gasteiger partial charge is 0.500 e. The van der Waals surface area contributed by atoms with Crippen molar-refractivity contribution >= 4 is 57.3 Å². The van der Waals surface area contributed by atoms with Crippen molar-refractivity contribution in [3.63, 3.8) is 0 Å². The summed E-state index contributed by atoms with van der Waals surface area (Å²) in [4.78, 5) is 13.6. The molecule has 0 saturated carbocycles. The molecule has 9 aromatic rings. The molecule has 0 N–H and O–H groups in total. The quantitative estimate of drug-likeness (QED) is 0.130. The van der Waals surface area contributed by atoms with Gasteiger partial charge in [0.05, 0.1) is 19.5 Å². The van der Waals surface area contributed by atoms with E-state index in [-0.39, 0.29) is 20.1 Å². The van der Waals surface area contributed by atoms with Gasteiger partial charge in [0.1, 0.15) is 11.9 Å². The predicted molar refractivity (Wildman–Crippen MR) is 195 cm³/mol. The van der Waals surface area contributed by atoms with E-state index in [1.807, 2.05) is 89.6 Å². The fraction of sp³-hybridized carbons (Fsp3) is 0.0750. The Balaban J connectivity index is 0.000000189. The van der Waals surface area contributed by atoms with Gasteiger partial charge >= 0.3 is 0 Å². The van der Waals surface area contributed by atoms with Crippen LogP contribution in [0.5, 0.6) is 0 Å². The van der Waals surface area contributed by atoms with Crippen molar-refractivity contribution in [1.29, 1.82) is 0 Å². The normalized spacial score (nSPS) is 11.4. The number of hydrogen-bond donors (Lipinski definition) is 0. The molecule has 0 aliphatic rings. The molecule has 0 saturated heterocycles. The third kappa shape index (κ3) is 6.08. The molecule has 9 rings (SSSR count). The molecule has 7 nitrogen and oxygen atoms in total. The van der Waals surface area contributed by atoms with Crippen LogP contribution in [0.1, 0.15) is 0 Å². The average Bonchev–Trinajstić information content (AvgIpc) is 3.72. The Labute approximate surface area is 298 Å². The average molecular weight is 831 g/mol. The van der Waals surface area contributed by atoms with E-state index in [9.17, 15) is 0 Å². The van der Waals surface area contributed by atoms with Gasteiger partial charge in [-0.05, 0) is 28.4 Å². The third-order valence-electron chi connectivity index (χ3n) is 8.40. The molecule has 5 aromatic carbocycles. The smallest absolute Gasteiger partial charge is 0.197 e. The Bertz CT molecular complexity index is 2540. The van der Waals surface area contributed by atoms with Crippen LogP contribution in [0, 0.1) is 12.1 Å². The molecular weight excluding hydrogens is 801 g/mol. The topological polar surface area (TPSA) is 82.5 Å². The zero-order valence-electron chi connectivity index (χ0n) is 27.0. The molecule has 0 aliphatic heterocycles. The number of para-hydroxylation sites is 1. The van der Waals surface area contributed by atoms with Gasteiger partial charge in [0.25, 0.3) is 0 Å². The molecule has 49 heavy (non-hydrogen) atoms. The van der Waals surface area contributed by atoms with E-state index in [2.05, 4.69) is 88.3 Å². The summed E-state index contributed by atoms with van der Waals surface area (Å²) in [7, 11) is -1.23. The van der Waals surface area contributed by atoms with Crippen molar-refractivity contribution in [3.8, 4) is 28.3 Å². The van der Waals surface area contributed by atoms with Crippen LogP contribution in [-0.2, 0) is 20.1 Å². The number of aromatic nitrogens is 6. The van der Waals surface area contributed by atoms with Gasteiger partial charge in [-0.25, -0.2) is 4.98 Å². The molecule has 0 bridgehead atoms. The number of fused-ring (bicyclic) bond motifs is 6. The summed E-state index contributed by atoms with van der Waals surface area (Å²) in [5, 5.41) is 14.0. The molecule has 241 valence electrons. The van der Waals surface area contributed by atoms with E-state index in [1.54, 1.807) is 0 Å². The van der Waals surface area contributed by atoms with Gasteiger partial charge in [-0.1, -0.05) is 97.3 Å². The van der Waals surface area contributed by atoms with Crippen molar-refractivity contribution in [2.24, 2.45) is 0 Å². The molecule has 4 aromatic heterocycles. The minimum atomic E-state index is -1.23. The Morgan fingerprint density at radius 2 is 1.49 bits per heavy atom. The fourth-order valence-corrected chi connectivity index (χ4v) is 6.95. The molecular formula is C40H30IrN6OSi-2. The number of rotatable bonds is 4. The summed E-state index contributed by atoms with van der Waals surface area (Å²) in [5.74, 6) is 0.660. The monoisotopic (exact) mass is 831 g/mol. The molecule has 0 spiro atoms. The maximum atomic E-state index is 6.50. The molecule has 4 heterocycles. The summed E-state index contributed by atoms with van der Waals surface area (Å²) in [6, 6.07) is 45.2. The first kappa shape index (κ1) is 32.2. The molecule has 0 fully saturated rings. The van der Waals surface area contributed by atoms with E-state index >= 15 is 0 Å². The summed E-state index contributed by atoms with van der Waals surface area (Å²) >= 11 is 0. The molecule has 1 radical (unpaired) electrons. The van der Waals surface area contributed by atoms with Gasteiger partial charge in [-0.15, -0.1) is 64.3 Å².